The number of aromatic carboxylic acids is 1. The van der Waals surface area contributed by atoms with Gasteiger partial charge in [-0.3, -0.25) is 0 Å². The molecule has 0 saturated heterocycles. The predicted octanol–water partition coefficient (Wildman–Crippen LogP) is 3.11. The molecule has 0 aromatic heterocycles. The average molecular weight is 328 g/mol. The third-order valence-corrected chi connectivity index (χ3v) is 3.95. The van der Waals surface area contributed by atoms with Crippen LogP contribution >= 0.6 is 15.9 Å². The molecular weight excluding hydrogens is 310 g/mol. The Labute approximate surface area is 121 Å². The lowest BCUT2D eigenvalue weighted by Gasteiger charge is -2.26. The van der Waals surface area contributed by atoms with Crippen LogP contribution < -0.4 is 5.32 Å². The number of rotatable bonds is 4. The largest absolute Gasteiger partial charge is 0.478 e. The zero-order valence-electron chi connectivity index (χ0n) is 10.6. The van der Waals surface area contributed by atoms with Crippen LogP contribution in [-0.4, -0.2) is 28.8 Å². The molecule has 2 unspecified atom stereocenters. The molecule has 0 amide bonds. The Morgan fingerprint density at radius 2 is 2.16 bits per heavy atom. The van der Waals surface area contributed by atoms with E-state index in [1.54, 1.807) is 12.1 Å². The second kappa shape index (κ2) is 6.39. The van der Waals surface area contributed by atoms with E-state index in [4.69, 9.17) is 5.11 Å². The maximum atomic E-state index is 11.0. The smallest absolute Gasteiger partial charge is 0.335 e. The number of benzene rings is 1. The van der Waals surface area contributed by atoms with E-state index >= 15 is 0 Å². The van der Waals surface area contributed by atoms with E-state index in [2.05, 4.69) is 21.2 Å². The minimum atomic E-state index is -0.933. The van der Waals surface area contributed by atoms with Gasteiger partial charge in [0.25, 0.3) is 0 Å². The van der Waals surface area contributed by atoms with Crippen molar-refractivity contribution in [1.82, 2.24) is 0 Å². The summed E-state index contributed by atoms with van der Waals surface area (Å²) in [7, 11) is 0. The Morgan fingerprint density at radius 3 is 2.84 bits per heavy atom. The van der Waals surface area contributed by atoms with Crippen molar-refractivity contribution in [3.63, 3.8) is 0 Å². The van der Waals surface area contributed by atoms with Crippen molar-refractivity contribution in [2.24, 2.45) is 5.92 Å². The molecule has 0 spiro atoms. The molecule has 2 atom stereocenters. The van der Waals surface area contributed by atoms with E-state index in [1.165, 1.54) is 0 Å². The molecule has 0 bridgehead atoms. The lowest BCUT2D eigenvalue weighted by molar-refractivity contribution is 0.0697. The fourth-order valence-corrected chi connectivity index (χ4v) is 3.02. The monoisotopic (exact) mass is 327 g/mol. The van der Waals surface area contributed by atoms with Gasteiger partial charge in [0.2, 0.25) is 0 Å². The number of hydrogen-bond acceptors (Lipinski definition) is 3. The summed E-state index contributed by atoms with van der Waals surface area (Å²) in [5.41, 5.74) is 1.06. The van der Waals surface area contributed by atoms with E-state index in [0.717, 1.165) is 42.4 Å². The van der Waals surface area contributed by atoms with E-state index in [1.807, 2.05) is 6.07 Å². The topological polar surface area (TPSA) is 69.6 Å². The second-order valence-corrected chi connectivity index (χ2v) is 6.02. The van der Waals surface area contributed by atoms with Gasteiger partial charge >= 0.3 is 5.97 Å². The third kappa shape index (κ3) is 4.21. The van der Waals surface area contributed by atoms with E-state index in [-0.39, 0.29) is 11.7 Å². The molecule has 1 aromatic rings. The van der Waals surface area contributed by atoms with Crippen LogP contribution in [0.4, 0.5) is 5.69 Å². The molecule has 1 aliphatic rings. The number of halogens is 1. The highest BCUT2D eigenvalue weighted by atomic mass is 79.9. The fourth-order valence-electron chi connectivity index (χ4n) is 2.53. The van der Waals surface area contributed by atoms with Crippen LogP contribution in [0.2, 0.25) is 0 Å². The summed E-state index contributed by atoms with van der Waals surface area (Å²) in [6.45, 7) is 0.770. The Balaban J connectivity index is 1.97. The van der Waals surface area contributed by atoms with Gasteiger partial charge in [-0.2, -0.15) is 0 Å². The fraction of sp³-hybridized carbons (Fsp3) is 0.500. The summed E-state index contributed by atoms with van der Waals surface area (Å²) in [5.74, 6) is -0.478. The number of aliphatic hydroxyl groups excluding tert-OH is 1. The maximum Gasteiger partial charge on any atom is 0.335 e. The normalized spacial score (nSPS) is 23.1. The molecule has 1 saturated carbocycles. The molecule has 0 radical (unpaired) electrons. The van der Waals surface area contributed by atoms with Gasteiger partial charge in [0, 0.05) is 16.7 Å². The number of carboxylic acid groups (broad SMARTS) is 1. The van der Waals surface area contributed by atoms with Crippen LogP contribution in [0.1, 0.15) is 36.0 Å². The van der Waals surface area contributed by atoms with Gasteiger partial charge in [-0.15, -0.1) is 0 Å². The van der Waals surface area contributed by atoms with Gasteiger partial charge < -0.3 is 15.5 Å². The summed E-state index contributed by atoms with van der Waals surface area (Å²) in [6.07, 6.45) is 3.72. The summed E-state index contributed by atoms with van der Waals surface area (Å²) < 4.78 is 0.749. The first kappa shape index (κ1) is 14.3. The lowest BCUT2D eigenvalue weighted by Crippen LogP contribution is -2.25. The van der Waals surface area contributed by atoms with Crippen molar-refractivity contribution >= 4 is 27.6 Å². The first-order chi connectivity index (χ1) is 9.04. The van der Waals surface area contributed by atoms with Crippen LogP contribution in [0.3, 0.4) is 0 Å². The molecule has 4 nitrogen and oxygen atoms in total. The average Bonchev–Trinajstić information content (AvgIpc) is 2.36. The quantitative estimate of drug-likeness (QED) is 0.794. The molecule has 1 aliphatic carbocycles. The second-order valence-electron chi connectivity index (χ2n) is 5.10. The van der Waals surface area contributed by atoms with Crippen molar-refractivity contribution in [3.05, 3.63) is 28.2 Å². The van der Waals surface area contributed by atoms with Crippen LogP contribution in [0.15, 0.2) is 22.7 Å². The molecule has 1 aromatic carbocycles. The van der Waals surface area contributed by atoms with Gasteiger partial charge in [-0.1, -0.05) is 22.4 Å². The van der Waals surface area contributed by atoms with Crippen LogP contribution in [0.5, 0.6) is 0 Å². The first-order valence-corrected chi connectivity index (χ1v) is 7.29. The van der Waals surface area contributed by atoms with Crippen LogP contribution in [0.25, 0.3) is 0 Å². The minimum absolute atomic E-state index is 0.183. The molecule has 3 N–H and O–H groups in total. The molecule has 104 valence electrons. The zero-order valence-corrected chi connectivity index (χ0v) is 12.2. The summed E-state index contributed by atoms with van der Waals surface area (Å²) >= 11 is 3.31. The predicted molar refractivity (Wildman–Crippen MR) is 77.6 cm³/mol. The molecule has 2 rings (SSSR count). The molecule has 5 heteroatoms. The highest BCUT2D eigenvalue weighted by Crippen LogP contribution is 2.25. The minimum Gasteiger partial charge on any atom is -0.478 e. The Bertz CT molecular complexity index is 464. The molecule has 19 heavy (non-hydrogen) atoms. The first-order valence-electron chi connectivity index (χ1n) is 6.50. The summed E-state index contributed by atoms with van der Waals surface area (Å²) in [4.78, 5) is 11.0. The van der Waals surface area contributed by atoms with Gasteiger partial charge in [0.05, 0.1) is 11.7 Å². The molecule has 0 aliphatic heterocycles. The molecule has 1 fully saturated rings. The number of nitrogens with one attached hydrogen (secondary N) is 1. The third-order valence-electron chi connectivity index (χ3n) is 3.49. The van der Waals surface area contributed by atoms with Crippen molar-refractivity contribution in [1.29, 1.82) is 0 Å². The van der Waals surface area contributed by atoms with Crippen molar-refractivity contribution in [3.8, 4) is 0 Å². The summed E-state index contributed by atoms with van der Waals surface area (Å²) in [5, 5.41) is 21.9. The van der Waals surface area contributed by atoms with Gasteiger partial charge in [0.15, 0.2) is 0 Å². The Hall–Kier alpha value is -1.07. The SMILES string of the molecule is O=C(O)c1cc(Br)cc(NCC2CCCC(O)C2)c1. The van der Waals surface area contributed by atoms with Crippen molar-refractivity contribution in [2.75, 3.05) is 11.9 Å². The maximum absolute atomic E-state index is 11.0. The van der Waals surface area contributed by atoms with E-state index in [0.29, 0.717) is 5.92 Å². The number of anilines is 1. The van der Waals surface area contributed by atoms with Crippen LogP contribution in [-0.2, 0) is 0 Å². The zero-order chi connectivity index (χ0) is 13.8. The standard InChI is InChI=1S/C14H18BrNO3/c15-11-5-10(14(18)19)6-12(7-11)16-8-9-2-1-3-13(17)4-9/h5-7,9,13,16-17H,1-4,8H2,(H,18,19). The Morgan fingerprint density at radius 1 is 1.37 bits per heavy atom. The number of carbonyl (C=O) groups is 1. The highest BCUT2D eigenvalue weighted by Gasteiger charge is 2.19. The Kier molecular flexibility index (Phi) is 4.82. The number of carboxylic acids is 1. The van der Waals surface area contributed by atoms with E-state index < -0.39 is 5.97 Å². The van der Waals surface area contributed by atoms with Crippen molar-refractivity contribution < 1.29 is 15.0 Å². The molecular formula is C14H18BrNO3. The number of aliphatic hydroxyl groups is 1. The van der Waals surface area contributed by atoms with Gasteiger partial charge in [-0.05, 0) is 43.4 Å². The molecule has 0 heterocycles. The van der Waals surface area contributed by atoms with Gasteiger partial charge in [-0.25, -0.2) is 4.79 Å². The highest BCUT2D eigenvalue weighted by molar-refractivity contribution is 9.10. The van der Waals surface area contributed by atoms with Gasteiger partial charge in [0.1, 0.15) is 0 Å². The van der Waals surface area contributed by atoms with E-state index in [9.17, 15) is 9.90 Å². The van der Waals surface area contributed by atoms with Crippen LogP contribution in [0, 0.1) is 5.92 Å². The number of hydrogen-bond donors (Lipinski definition) is 3. The lowest BCUT2D eigenvalue weighted by atomic mass is 9.87. The summed E-state index contributed by atoms with van der Waals surface area (Å²) in [6, 6.07) is 5.08. The van der Waals surface area contributed by atoms with Crippen molar-refractivity contribution in [2.45, 2.75) is 31.8 Å².